The average molecular weight is 328 g/mol. The first-order valence-electron chi connectivity index (χ1n) is 7.09. The van der Waals surface area contributed by atoms with Crippen LogP contribution in [-0.2, 0) is 11.3 Å². The molecule has 3 rings (SSSR count). The molecule has 0 amide bonds. The van der Waals surface area contributed by atoms with E-state index in [0.29, 0.717) is 16.1 Å². The van der Waals surface area contributed by atoms with E-state index in [4.69, 9.17) is 16.3 Å². The Labute approximate surface area is 137 Å². The largest absolute Gasteiger partial charge is 0.457 e. The lowest BCUT2D eigenvalue weighted by Gasteiger charge is -2.07. The molecule has 1 aromatic heterocycles. The highest BCUT2D eigenvalue weighted by molar-refractivity contribution is 6.30. The number of aromatic nitrogens is 1. The van der Waals surface area contributed by atoms with Gasteiger partial charge < -0.3 is 9.72 Å². The molecule has 0 spiro atoms. The second-order valence-corrected chi connectivity index (χ2v) is 5.68. The maximum absolute atomic E-state index is 12.1. The number of fused-ring (bicyclic) bond motifs is 1. The average Bonchev–Trinajstić information content (AvgIpc) is 2.54. The molecular formula is C18H14ClNO3. The quantitative estimate of drug-likeness (QED) is 0.743. The molecule has 0 aliphatic heterocycles. The van der Waals surface area contributed by atoms with Crippen LogP contribution in [0.1, 0.15) is 21.5 Å². The third-order valence-electron chi connectivity index (χ3n) is 3.60. The van der Waals surface area contributed by atoms with Gasteiger partial charge in [0, 0.05) is 5.02 Å². The first kappa shape index (κ1) is 15.3. The summed E-state index contributed by atoms with van der Waals surface area (Å²) >= 11 is 5.78. The highest BCUT2D eigenvalue weighted by Gasteiger charge is 2.10. The van der Waals surface area contributed by atoms with Crippen molar-refractivity contribution in [1.29, 1.82) is 0 Å². The number of rotatable bonds is 3. The number of carbonyl (C=O) groups excluding carboxylic acids is 1. The van der Waals surface area contributed by atoms with Gasteiger partial charge in [0.25, 0.3) is 5.56 Å². The van der Waals surface area contributed by atoms with Gasteiger partial charge in [0.2, 0.25) is 0 Å². The Morgan fingerprint density at radius 3 is 2.65 bits per heavy atom. The highest BCUT2D eigenvalue weighted by Crippen LogP contribution is 2.16. The Kier molecular flexibility index (Phi) is 4.17. The molecule has 0 fully saturated rings. The van der Waals surface area contributed by atoms with Crippen LogP contribution in [0.15, 0.2) is 53.3 Å². The fraction of sp³-hybridized carbons (Fsp3) is 0.111. The van der Waals surface area contributed by atoms with Crippen molar-refractivity contribution in [3.8, 4) is 0 Å². The van der Waals surface area contributed by atoms with E-state index in [1.54, 1.807) is 30.3 Å². The Balaban J connectivity index is 1.82. The van der Waals surface area contributed by atoms with Crippen LogP contribution in [0, 0.1) is 6.92 Å². The molecule has 0 saturated heterocycles. The van der Waals surface area contributed by atoms with Crippen LogP contribution in [0.5, 0.6) is 0 Å². The zero-order chi connectivity index (χ0) is 16.4. The summed E-state index contributed by atoms with van der Waals surface area (Å²) in [7, 11) is 0. The minimum atomic E-state index is -0.495. The second kappa shape index (κ2) is 6.26. The molecule has 116 valence electrons. The standard InChI is InChI=1S/C18H14ClNO3/c1-11-3-2-4-13-9-14(17(21)20-16(11)13)10-23-18(22)12-5-7-15(19)8-6-12/h2-9H,10H2,1H3,(H,20,21). The van der Waals surface area contributed by atoms with Gasteiger partial charge in [0.15, 0.2) is 0 Å². The highest BCUT2D eigenvalue weighted by atomic mass is 35.5. The molecule has 0 atom stereocenters. The molecule has 1 N–H and O–H groups in total. The predicted octanol–water partition coefficient (Wildman–Crippen LogP) is 3.85. The van der Waals surface area contributed by atoms with E-state index in [1.165, 1.54) is 0 Å². The lowest BCUT2D eigenvalue weighted by molar-refractivity contribution is 0.0471. The summed E-state index contributed by atoms with van der Waals surface area (Å²) in [6.07, 6.45) is 0. The zero-order valence-corrected chi connectivity index (χ0v) is 13.2. The van der Waals surface area contributed by atoms with Crippen molar-refractivity contribution in [2.45, 2.75) is 13.5 Å². The Morgan fingerprint density at radius 1 is 1.17 bits per heavy atom. The van der Waals surface area contributed by atoms with E-state index in [2.05, 4.69) is 4.98 Å². The fourth-order valence-corrected chi connectivity index (χ4v) is 2.47. The maximum Gasteiger partial charge on any atom is 0.338 e. The van der Waals surface area contributed by atoms with Gasteiger partial charge in [-0.15, -0.1) is 0 Å². The number of hydrogen-bond acceptors (Lipinski definition) is 3. The van der Waals surface area contributed by atoms with Gasteiger partial charge in [-0.3, -0.25) is 4.79 Å². The van der Waals surface area contributed by atoms with Gasteiger partial charge in [0.1, 0.15) is 6.61 Å². The lowest BCUT2D eigenvalue weighted by atomic mass is 10.1. The van der Waals surface area contributed by atoms with E-state index in [0.717, 1.165) is 16.5 Å². The molecule has 0 saturated carbocycles. The number of esters is 1. The number of nitrogens with one attached hydrogen (secondary N) is 1. The normalized spacial score (nSPS) is 10.7. The number of pyridine rings is 1. The van der Waals surface area contributed by atoms with Gasteiger partial charge >= 0.3 is 5.97 Å². The van der Waals surface area contributed by atoms with Crippen LogP contribution in [0.2, 0.25) is 5.02 Å². The van der Waals surface area contributed by atoms with E-state index in [9.17, 15) is 9.59 Å². The Morgan fingerprint density at radius 2 is 1.91 bits per heavy atom. The van der Waals surface area contributed by atoms with Gasteiger partial charge in [-0.1, -0.05) is 29.8 Å². The third kappa shape index (κ3) is 3.27. The molecule has 1 heterocycles. The summed E-state index contributed by atoms with van der Waals surface area (Å²) in [4.78, 5) is 26.9. The molecular weight excluding hydrogens is 314 g/mol. The Bertz CT molecular complexity index is 929. The summed E-state index contributed by atoms with van der Waals surface area (Å²) in [6, 6.07) is 13.9. The van der Waals surface area contributed by atoms with Crippen LogP contribution in [0.25, 0.3) is 10.9 Å². The van der Waals surface area contributed by atoms with Crippen LogP contribution in [0.4, 0.5) is 0 Å². The predicted molar refractivity (Wildman–Crippen MR) is 89.9 cm³/mol. The van der Waals surface area contributed by atoms with Crippen molar-refractivity contribution in [1.82, 2.24) is 4.98 Å². The molecule has 3 aromatic rings. The molecule has 5 heteroatoms. The number of aromatic amines is 1. The number of halogens is 1. The summed E-state index contributed by atoms with van der Waals surface area (Å²) in [5.41, 5.74) is 2.33. The maximum atomic E-state index is 12.1. The molecule has 0 bridgehead atoms. The summed E-state index contributed by atoms with van der Waals surface area (Å²) < 4.78 is 5.21. The molecule has 2 aromatic carbocycles. The number of H-pyrrole nitrogens is 1. The van der Waals surface area contributed by atoms with Crippen molar-refractivity contribution >= 4 is 28.5 Å². The first-order chi connectivity index (χ1) is 11.0. The molecule has 23 heavy (non-hydrogen) atoms. The zero-order valence-electron chi connectivity index (χ0n) is 12.4. The molecule has 0 unspecified atom stereocenters. The van der Waals surface area contributed by atoms with Gasteiger partial charge in [-0.25, -0.2) is 4.79 Å². The van der Waals surface area contributed by atoms with Crippen LogP contribution >= 0.6 is 11.6 Å². The number of benzene rings is 2. The number of aryl methyl sites for hydroxylation is 1. The van der Waals surface area contributed by atoms with E-state index in [1.807, 2.05) is 25.1 Å². The van der Waals surface area contributed by atoms with Crippen LogP contribution in [-0.4, -0.2) is 11.0 Å². The second-order valence-electron chi connectivity index (χ2n) is 5.25. The van der Waals surface area contributed by atoms with Gasteiger partial charge in [-0.2, -0.15) is 0 Å². The fourth-order valence-electron chi connectivity index (χ4n) is 2.35. The summed E-state index contributed by atoms with van der Waals surface area (Å²) in [6.45, 7) is 1.85. The SMILES string of the molecule is Cc1cccc2cc(COC(=O)c3ccc(Cl)cc3)c(=O)[nH]c12. The first-order valence-corrected chi connectivity index (χ1v) is 7.46. The van der Waals surface area contributed by atoms with E-state index >= 15 is 0 Å². The number of ether oxygens (including phenoxy) is 1. The molecule has 4 nitrogen and oxygen atoms in total. The summed E-state index contributed by atoms with van der Waals surface area (Å²) in [5, 5.41) is 1.45. The monoisotopic (exact) mass is 327 g/mol. The number of para-hydroxylation sites is 1. The number of hydrogen-bond donors (Lipinski definition) is 1. The smallest absolute Gasteiger partial charge is 0.338 e. The summed E-state index contributed by atoms with van der Waals surface area (Å²) in [5.74, 6) is -0.495. The van der Waals surface area contributed by atoms with Crippen molar-refractivity contribution in [2.24, 2.45) is 0 Å². The molecule has 0 aliphatic carbocycles. The van der Waals surface area contributed by atoms with Gasteiger partial charge in [-0.05, 0) is 48.2 Å². The Hall–Kier alpha value is -2.59. The minimum Gasteiger partial charge on any atom is -0.457 e. The van der Waals surface area contributed by atoms with Crippen LogP contribution in [0.3, 0.4) is 0 Å². The third-order valence-corrected chi connectivity index (χ3v) is 3.86. The molecule has 0 radical (unpaired) electrons. The topological polar surface area (TPSA) is 59.2 Å². The minimum absolute atomic E-state index is 0.0827. The van der Waals surface area contributed by atoms with Crippen molar-refractivity contribution in [2.75, 3.05) is 0 Å². The van der Waals surface area contributed by atoms with Gasteiger partial charge in [0.05, 0.1) is 16.6 Å². The van der Waals surface area contributed by atoms with Crippen molar-refractivity contribution < 1.29 is 9.53 Å². The van der Waals surface area contributed by atoms with E-state index < -0.39 is 5.97 Å². The van der Waals surface area contributed by atoms with E-state index in [-0.39, 0.29) is 12.2 Å². The lowest BCUT2D eigenvalue weighted by Crippen LogP contribution is -2.15. The van der Waals surface area contributed by atoms with Crippen molar-refractivity contribution in [3.63, 3.8) is 0 Å². The number of carbonyl (C=O) groups is 1. The van der Waals surface area contributed by atoms with Crippen LogP contribution < -0.4 is 5.56 Å². The molecule has 0 aliphatic rings. The van der Waals surface area contributed by atoms with Crippen molar-refractivity contribution in [3.05, 3.63) is 80.6 Å².